The molecule has 116 valence electrons. The summed E-state index contributed by atoms with van der Waals surface area (Å²) in [5.41, 5.74) is -0.697. The van der Waals surface area contributed by atoms with E-state index in [1.807, 2.05) is 0 Å². The Morgan fingerprint density at radius 1 is 1.32 bits per heavy atom. The predicted octanol–water partition coefficient (Wildman–Crippen LogP) is 2.72. The van der Waals surface area contributed by atoms with Crippen LogP contribution < -0.4 is 10.2 Å². The van der Waals surface area contributed by atoms with Crippen molar-refractivity contribution in [3.8, 4) is 11.4 Å². The van der Waals surface area contributed by atoms with Crippen LogP contribution in [0, 0.1) is 0 Å². The molecule has 1 aromatic heterocycles. The number of benzene rings is 1. The summed E-state index contributed by atoms with van der Waals surface area (Å²) in [6.45, 7) is 1.74. The average molecular weight is 343 g/mol. The molecular formula is C14H12Cl2N2O4. The molecule has 0 spiro atoms. The van der Waals surface area contributed by atoms with Crippen LogP contribution in [0.15, 0.2) is 29.2 Å². The molecule has 8 heteroatoms. The number of ether oxygens (including phenoxy) is 2. The number of hydrogen-bond acceptors (Lipinski definition) is 5. The molecule has 0 saturated carbocycles. The zero-order valence-corrected chi connectivity index (χ0v) is 13.3. The Bertz CT molecular complexity index is 774. The first kappa shape index (κ1) is 16.3. The van der Waals surface area contributed by atoms with Gasteiger partial charge in [0.1, 0.15) is 10.8 Å². The molecule has 0 unspecified atom stereocenters. The molecule has 0 fully saturated rings. The minimum atomic E-state index is -0.845. The third-order valence-corrected chi connectivity index (χ3v) is 3.33. The Balaban J connectivity index is 2.62. The summed E-state index contributed by atoms with van der Waals surface area (Å²) < 4.78 is 11.2. The van der Waals surface area contributed by atoms with Crippen LogP contribution in [0.5, 0.6) is 5.75 Å². The van der Waals surface area contributed by atoms with E-state index in [1.165, 1.54) is 18.0 Å². The summed E-state index contributed by atoms with van der Waals surface area (Å²) in [7, 11) is 1.50. The number of methoxy groups -OCH3 is 1. The molecule has 2 rings (SSSR count). The lowest BCUT2D eigenvalue weighted by Crippen LogP contribution is -2.23. The summed E-state index contributed by atoms with van der Waals surface area (Å²) in [5, 5.41) is 4.14. The lowest BCUT2D eigenvalue weighted by Gasteiger charge is -2.11. The molecule has 1 aromatic carbocycles. The van der Waals surface area contributed by atoms with Crippen LogP contribution in [0.4, 0.5) is 0 Å². The van der Waals surface area contributed by atoms with E-state index in [0.29, 0.717) is 16.5 Å². The van der Waals surface area contributed by atoms with Gasteiger partial charge in [0, 0.05) is 6.07 Å². The number of hydrogen-bond donors (Lipinski definition) is 0. The van der Waals surface area contributed by atoms with Gasteiger partial charge in [0.25, 0.3) is 0 Å². The zero-order valence-electron chi connectivity index (χ0n) is 11.8. The maximum Gasteiger partial charge on any atom is 0.362 e. The second-order valence-corrected chi connectivity index (χ2v) is 4.95. The Morgan fingerprint density at radius 3 is 2.68 bits per heavy atom. The lowest BCUT2D eigenvalue weighted by molar-refractivity contribution is 0.0515. The normalized spacial score (nSPS) is 10.4. The molecule has 0 aliphatic heterocycles. The van der Waals surface area contributed by atoms with Crippen molar-refractivity contribution >= 4 is 29.2 Å². The summed E-state index contributed by atoms with van der Waals surface area (Å²) in [6.07, 6.45) is 1.27. The first-order valence-corrected chi connectivity index (χ1v) is 7.04. The van der Waals surface area contributed by atoms with Crippen molar-refractivity contribution in [3.63, 3.8) is 0 Å². The van der Waals surface area contributed by atoms with E-state index in [9.17, 15) is 9.59 Å². The number of esters is 1. The van der Waals surface area contributed by atoms with Gasteiger partial charge in [0.15, 0.2) is 0 Å². The molecule has 22 heavy (non-hydrogen) atoms. The van der Waals surface area contributed by atoms with Crippen LogP contribution in [0.3, 0.4) is 0 Å². The van der Waals surface area contributed by atoms with Gasteiger partial charge in [-0.05, 0) is 19.1 Å². The molecule has 0 aliphatic carbocycles. The van der Waals surface area contributed by atoms with E-state index < -0.39 is 17.1 Å². The maximum atomic E-state index is 11.9. The summed E-state index contributed by atoms with van der Waals surface area (Å²) in [5.74, 6) is -0.309. The Hall–Kier alpha value is -2.05. The molecular weight excluding hydrogens is 331 g/mol. The van der Waals surface area contributed by atoms with Crippen LogP contribution >= 0.6 is 23.2 Å². The number of nitrogens with zero attached hydrogens (tertiary/aromatic N) is 2. The van der Waals surface area contributed by atoms with Crippen molar-refractivity contribution in [1.29, 1.82) is 0 Å². The number of carbonyl (C=O) groups is 1. The monoisotopic (exact) mass is 342 g/mol. The Morgan fingerprint density at radius 2 is 2.05 bits per heavy atom. The van der Waals surface area contributed by atoms with Crippen molar-refractivity contribution < 1.29 is 14.3 Å². The smallest absolute Gasteiger partial charge is 0.362 e. The molecule has 0 radical (unpaired) electrons. The first-order valence-electron chi connectivity index (χ1n) is 6.28. The average Bonchev–Trinajstić information content (AvgIpc) is 2.50. The van der Waals surface area contributed by atoms with Gasteiger partial charge in [0.05, 0.1) is 30.6 Å². The highest BCUT2D eigenvalue weighted by molar-refractivity contribution is 6.32. The van der Waals surface area contributed by atoms with Crippen molar-refractivity contribution in [2.24, 2.45) is 0 Å². The maximum absolute atomic E-state index is 11.9. The van der Waals surface area contributed by atoms with Gasteiger partial charge >= 0.3 is 5.97 Å². The third-order valence-electron chi connectivity index (χ3n) is 2.74. The van der Waals surface area contributed by atoms with Gasteiger partial charge in [-0.2, -0.15) is 5.10 Å². The van der Waals surface area contributed by atoms with Crippen molar-refractivity contribution in [1.82, 2.24) is 9.78 Å². The Labute approximate surface area is 136 Å². The van der Waals surface area contributed by atoms with Gasteiger partial charge < -0.3 is 9.47 Å². The lowest BCUT2D eigenvalue weighted by atomic mass is 10.3. The van der Waals surface area contributed by atoms with Gasteiger partial charge in [-0.1, -0.05) is 23.2 Å². The fraction of sp³-hybridized carbons (Fsp3) is 0.214. The second-order valence-electron chi connectivity index (χ2n) is 4.14. The highest BCUT2D eigenvalue weighted by Gasteiger charge is 2.18. The summed E-state index contributed by atoms with van der Waals surface area (Å²) in [4.78, 5) is 23.7. The zero-order chi connectivity index (χ0) is 16.3. The minimum Gasteiger partial charge on any atom is -0.497 e. The largest absolute Gasteiger partial charge is 0.497 e. The standard InChI is InChI=1S/C14H12Cl2N2O4/c1-3-22-14(20)12-13(19)10(16)7-18(17-12)11-6-8(21-2)4-5-9(11)15/h4-7H,3H2,1-2H3. The third kappa shape index (κ3) is 3.23. The van der Waals surface area contributed by atoms with Gasteiger partial charge in [0.2, 0.25) is 11.1 Å². The molecule has 0 saturated heterocycles. The molecule has 0 bridgehead atoms. The number of aromatic nitrogens is 2. The van der Waals surface area contributed by atoms with Crippen molar-refractivity contribution in [2.75, 3.05) is 13.7 Å². The van der Waals surface area contributed by atoms with E-state index in [1.54, 1.807) is 25.1 Å². The van der Waals surface area contributed by atoms with Crippen LogP contribution in [-0.2, 0) is 4.74 Å². The number of halogens is 2. The molecule has 0 amide bonds. The topological polar surface area (TPSA) is 70.4 Å². The van der Waals surface area contributed by atoms with Crippen LogP contribution in [0.25, 0.3) is 5.69 Å². The van der Waals surface area contributed by atoms with Gasteiger partial charge in [-0.3, -0.25) is 4.79 Å². The van der Waals surface area contributed by atoms with E-state index in [-0.39, 0.29) is 11.6 Å². The fourth-order valence-electron chi connectivity index (χ4n) is 1.71. The minimum absolute atomic E-state index is 0.117. The van der Waals surface area contributed by atoms with E-state index in [0.717, 1.165) is 0 Å². The second kappa shape index (κ2) is 6.81. The molecule has 6 nitrogen and oxygen atoms in total. The SMILES string of the molecule is CCOC(=O)c1nn(-c2cc(OC)ccc2Cl)cc(Cl)c1=O. The van der Waals surface area contributed by atoms with E-state index in [2.05, 4.69) is 5.10 Å². The molecule has 0 N–H and O–H groups in total. The number of carbonyl (C=O) groups excluding carboxylic acids is 1. The van der Waals surface area contributed by atoms with E-state index >= 15 is 0 Å². The fourth-order valence-corrected chi connectivity index (χ4v) is 2.10. The predicted molar refractivity (Wildman–Crippen MR) is 82.4 cm³/mol. The van der Waals surface area contributed by atoms with Crippen LogP contribution in [0.1, 0.15) is 17.4 Å². The summed E-state index contributed by atoms with van der Waals surface area (Å²) >= 11 is 12.0. The first-order chi connectivity index (χ1) is 10.5. The molecule has 0 atom stereocenters. The molecule has 2 aromatic rings. The quantitative estimate of drug-likeness (QED) is 0.799. The molecule has 0 aliphatic rings. The van der Waals surface area contributed by atoms with Crippen molar-refractivity contribution in [3.05, 3.63) is 50.4 Å². The highest BCUT2D eigenvalue weighted by Crippen LogP contribution is 2.25. The van der Waals surface area contributed by atoms with Crippen molar-refractivity contribution in [2.45, 2.75) is 6.92 Å². The highest BCUT2D eigenvalue weighted by atomic mass is 35.5. The number of rotatable bonds is 4. The van der Waals surface area contributed by atoms with Crippen LogP contribution in [0.2, 0.25) is 10.0 Å². The van der Waals surface area contributed by atoms with E-state index in [4.69, 9.17) is 32.7 Å². The van der Waals surface area contributed by atoms with Gasteiger partial charge in [-0.15, -0.1) is 0 Å². The summed E-state index contributed by atoms with van der Waals surface area (Å²) in [6, 6.07) is 4.88. The van der Waals surface area contributed by atoms with Crippen LogP contribution in [-0.4, -0.2) is 29.5 Å². The Kier molecular flexibility index (Phi) is 5.05. The van der Waals surface area contributed by atoms with Gasteiger partial charge in [-0.25, -0.2) is 9.48 Å². The molecule has 1 heterocycles.